The summed E-state index contributed by atoms with van der Waals surface area (Å²) < 4.78 is 5.19. The topological polar surface area (TPSA) is 32.7 Å². The van der Waals surface area contributed by atoms with Gasteiger partial charge in [-0.2, -0.15) is 0 Å². The lowest BCUT2D eigenvalue weighted by Gasteiger charge is -2.22. The highest BCUT2D eigenvalue weighted by molar-refractivity contribution is 5.45. The fourth-order valence-corrected chi connectivity index (χ4v) is 1.44. The first-order valence-corrected chi connectivity index (χ1v) is 5.37. The largest absolute Gasteiger partial charge is 0.389 e. The molecule has 1 atom stereocenters. The first-order valence-electron chi connectivity index (χ1n) is 5.37. The standard InChI is InChI=1S/C13H19NO2/c1-3-9-16-11-13(15)10-14(2)12-7-5-4-6-8-12/h3-8,13,15H,1,9-11H2,2H3. The zero-order valence-electron chi connectivity index (χ0n) is 9.67. The minimum Gasteiger partial charge on any atom is -0.389 e. The number of likely N-dealkylation sites (N-methyl/N-ethyl adjacent to an activating group) is 1. The molecule has 0 radical (unpaired) electrons. The van der Waals surface area contributed by atoms with Crippen LogP contribution in [0.1, 0.15) is 0 Å². The van der Waals surface area contributed by atoms with Gasteiger partial charge in [-0.25, -0.2) is 0 Å². The van der Waals surface area contributed by atoms with Gasteiger partial charge in [-0.15, -0.1) is 6.58 Å². The summed E-state index contributed by atoms with van der Waals surface area (Å²) in [5, 5.41) is 9.71. The Labute approximate surface area is 97.0 Å². The van der Waals surface area contributed by atoms with Gasteiger partial charge in [0.2, 0.25) is 0 Å². The van der Waals surface area contributed by atoms with Gasteiger partial charge < -0.3 is 14.7 Å². The zero-order valence-corrected chi connectivity index (χ0v) is 9.67. The predicted molar refractivity (Wildman–Crippen MR) is 66.7 cm³/mol. The summed E-state index contributed by atoms with van der Waals surface area (Å²) in [6.07, 6.45) is 1.19. The van der Waals surface area contributed by atoms with E-state index in [1.807, 2.05) is 42.3 Å². The van der Waals surface area contributed by atoms with Crippen LogP contribution in [0.15, 0.2) is 43.0 Å². The molecule has 0 spiro atoms. The van der Waals surface area contributed by atoms with Crippen molar-refractivity contribution >= 4 is 5.69 Å². The first-order chi connectivity index (χ1) is 7.74. The molecule has 0 aliphatic carbocycles. The number of hydrogen-bond acceptors (Lipinski definition) is 3. The number of rotatable bonds is 7. The maximum absolute atomic E-state index is 9.71. The molecule has 0 heterocycles. The molecule has 0 bridgehead atoms. The number of aliphatic hydroxyl groups excluding tert-OH is 1. The van der Waals surface area contributed by atoms with Crippen LogP contribution in [-0.2, 0) is 4.74 Å². The molecule has 88 valence electrons. The molecule has 0 aromatic heterocycles. The fraction of sp³-hybridized carbons (Fsp3) is 0.385. The molecule has 1 aromatic rings. The second-order valence-electron chi connectivity index (χ2n) is 3.70. The van der Waals surface area contributed by atoms with Gasteiger partial charge in [0.25, 0.3) is 0 Å². The van der Waals surface area contributed by atoms with Crippen molar-refractivity contribution in [3.05, 3.63) is 43.0 Å². The second-order valence-corrected chi connectivity index (χ2v) is 3.70. The van der Waals surface area contributed by atoms with Gasteiger partial charge in [0.15, 0.2) is 0 Å². The van der Waals surface area contributed by atoms with E-state index in [9.17, 15) is 5.11 Å². The highest BCUT2D eigenvalue weighted by atomic mass is 16.5. The third kappa shape index (κ3) is 4.47. The molecule has 0 aliphatic rings. The summed E-state index contributed by atoms with van der Waals surface area (Å²) in [5.41, 5.74) is 1.09. The summed E-state index contributed by atoms with van der Waals surface area (Å²) in [6, 6.07) is 9.95. The Hall–Kier alpha value is -1.32. The van der Waals surface area contributed by atoms with E-state index in [1.54, 1.807) is 6.08 Å². The second kappa shape index (κ2) is 7.04. The molecule has 0 fully saturated rings. The Bertz CT molecular complexity index is 300. The Kier molecular flexibility index (Phi) is 5.61. The van der Waals surface area contributed by atoms with Crippen molar-refractivity contribution < 1.29 is 9.84 Å². The van der Waals surface area contributed by atoms with E-state index in [2.05, 4.69) is 6.58 Å². The third-order valence-corrected chi connectivity index (χ3v) is 2.23. The van der Waals surface area contributed by atoms with Crippen LogP contribution in [0.2, 0.25) is 0 Å². The lowest BCUT2D eigenvalue weighted by molar-refractivity contribution is 0.0538. The number of aliphatic hydroxyl groups is 1. The van der Waals surface area contributed by atoms with Gasteiger partial charge in [-0.3, -0.25) is 0 Å². The van der Waals surface area contributed by atoms with Gasteiger partial charge in [0.1, 0.15) is 0 Å². The molecular weight excluding hydrogens is 202 g/mol. The number of ether oxygens (including phenoxy) is 1. The average Bonchev–Trinajstić information content (AvgIpc) is 2.30. The first kappa shape index (κ1) is 12.7. The molecule has 0 amide bonds. The number of para-hydroxylation sites is 1. The highest BCUT2D eigenvalue weighted by Crippen LogP contribution is 2.11. The molecule has 0 saturated carbocycles. The van der Waals surface area contributed by atoms with Gasteiger partial charge in [-0.1, -0.05) is 24.3 Å². The van der Waals surface area contributed by atoms with Crippen LogP contribution in [0.3, 0.4) is 0 Å². The van der Waals surface area contributed by atoms with Crippen LogP contribution in [0.25, 0.3) is 0 Å². The van der Waals surface area contributed by atoms with Gasteiger partial charge in [0, 0.05) is 19.3 Å². The van der Waals surface area contributed by atoms with Crippen LogP contribution in [-0.4, -0.2) is 38.0 Å². The van der Waals surface area contributed by atoms with Crippen molar-refractivity contribution in [3.63, 3.8) is 0 Å². The van der Waals surface area contributed by atoms with Gasteiger partial charge >= 0.3 is 0 Å². The van der Waals surface area contributed by atoms with E-state index in [1.165, 1.54) is 0 Å². The highest BCUT2D eigenvalue weighted by Gasteiger charge is 2.08. The fourth-order valence-electron chi connectivity index (χ4n) is 1.44. The van der Waals surface area contributed by atoms with E-state index in [4.69, 9.17) is 4.74 Å². The maximum atomic E-state index is 9.71. The number of benzene rings is 1. The van der Waals surface area contributed by atoms with Crippen LogP contribution in [0, 0.1) is 0 Å². The smallest absolute Gasteiger partial charge is 0.0948 e. The third-order valence-electron chi connectivity index (χ3n) is 2.23. The molecule has 1 N–H and O–H groups in total. The van der Waals surface area contributed by atoms with Crippen LogP contribution in [0.5, 0.6) is 0 Å². The SMILES string of the molecule is C=CCOCC(O)CN(C)c1ccccc1. The van der Waals surface area contributed by atoms with E-state index in [-0.39, 0.29) is 0 Å². The van der Waals surface area contributed by atoms with E-state index in [0.717, 1.165) is 5.69 Å². The van der Waals surface area contributed by atoms with Crippen molar-refractivity contribution in [1.82, 2.24) is 0 Å². The number of anilines is 1. The van der Waals surface area contributed by atoms with E-state index < -0.39 is 6.10 Å². The molecule has 0 saturated heterocycles. The minimum atomic E-state index is -0.481. The van der Waals surface area contributed by atoms with Crippen LogP contribution in [0.4, 0.5) is 5.69 Å². The summed E-state index contributed by atoms with van der Waals surface area (Å²) in [5.74, 6) is 0. The quantitative estimate of drug-likeness (QED) is 0.562. The average molecular weight is 221 g/mol. The summed E-state index contributed by atoms with van der Waals surface area (Å²) >= 11 is 0. The Balaban J connectivity index is 2.33. The summed E-state index contributed by atoms with van der Waals surface area (Å²) in [6.45, 7) is 4.92. The van der Waals surface area contributed by atoms with Crippen molar-refractivity contribution in [2.45, 2.75) is 6.10 Å². The monoisotopic (exact) mass is 221 g/mol. The summed E-state index contributed by atoms with van der Waals surface area (Å²) in [4.78, 5) is 2.00. The Morgan fingerprint density at radius 3 is 2.75 bits per heavy atom. The minimum absolute atomic E-state index is 0.337. The molecule has 1 rings (SSSR count). The summed E-state index contributed by atoms with van der Waals surface area (Å²) in [7, 11) is 1.95. The number of hydrogen-bond donors (Lipinski definition) is 1. The number of nitrogens with zero attached hydrogens (tertiary/aromatic N) is 1. The molecule has 3 heteroatoms. The maximum Gasteiger partial charge on any atom is 0.0948 e. The van der Waals surface area contributed by atoms with Crippen molar-refractivity contribution in [1.29, 1.82) is 0 Å². The van der Waals surface area contributed by atoms with Crippen LogP contribution < -0.4 is 4.90 Å². The Morgan fingerprint density at radius 1 is 1.44 bits per heavy atom. The van der Waals surface area contributed by atoms with Crippen molar-refractivity contribution in [2.24, 2.45) is 0 Å². The lowest BCUT2D eigenvalue weighted by Crippen LogP contribution is -2.32. The molecule has 16 heavy (non-hydrogen) atoms. The van der Waals surface area contributed by atoms with Crippen molar-refractivity contribution in [2.75, 3.05) is 31.7 Å². The molecule has 3 nitrogen and oxygen atoms in total. The Morgan fingerprint density at radius 2 is 2.12 bits per heavy atom. The zero-order chi connectivity index (χ0) is 11.8. The van der Waals surface area contributed by atoms with Gasteiger partial charge in [-0.05, 0) is 12.1 Å². The molecule has 1 unspecified atom stereocenters. The molecule has 0 aliphatic heterocycles. The normalized spacial score (nSPS) is 12.1. The lowest BCUT2D eigenvalue weighted by atomic mass is 10.2. The predicted octanol–water partition coefficient (Wildman–Crippen LogP) is 1.69. The molecular formula is C13H19NO2. The van der Waals surface area contributed by atoms with Crippen LogP contribution >= 0.6 is 0 Å². The van der Waals surface area contributed by atoms with Crippen molar-refractivity contribution in [3.8, 4) is 0 Å². The molecule has 1 aromatic carbocycles. The van der Waals surface area contributed by atoms with E-state index in [0.29, 0.717) is 19.8 Å². The van der Waals surface area contributed by atoms with E-state index >= 15 is 0 Å². The van der Waals surface area contributed by atoms with Gasteiger partial charge in [0.05, 0.1) is 19.3 Å².